The summed E-state index contributed by atoms with van der Waals surface area (Å²) in [6.07, 6.45) is 13.0. The van der Waals surface area contributed by atoms with E-state index in [0.717, 1.165) is 44.9 Å². The van der Waals surface area contributed by atoms with Crippen LogP contribution in [0.15, 0.2) is 37.2 Å². The zero-order valence-electron chi connectivity index (χ0n) is 30.9. The van der Waals surface area contributed by atoms with Gasteiger partial charge in [0.15, 0.2) is 0 Å². The SMILES string of the molecule is CCC[C@H](NC(=O)[C@@H]1C[C@@H](Oc2ccncn2)CN1C(=O)[C@@H](NC(=O)[C@@H](NC(=O)c1cnccn1)C1CCCCC1)C(C)(C)C)C(=O)C(=O)NC1CC1. The van der Waals surface area contributed by atoms with Gasteiger partial charge < -0.3 is 30.9 Å². The van der Waals surface area contributed by atoms with Crippen molar-refractivity contribution in [2.24, 2.45) is 11.3 Å². The minimum Gasteiger partial charge on any atom is -0.472 e. The lowest BCUT2D eigenvalue weighted by Crippen LogP contribution is -2.62. The van der Waals surface area contributed by atoms with Crippen LogP contribution in [0.3, 0.4) is 0 Å². The first-order valence-corrected chi connectivity index (χ1v) is 18.6. The van der Waals surface area contributed by atoms with Crippen molar-refractivity contribution in [3.05, 3.63) is 42.9 Å². The Hall–Kier alpha value is -5.02. The molecule has 3 aliphatic rings. The van der Waals surface area contributed by atoms with Crippen LogP contribution in [-0.2, 0) is 24.0 Å². The fraction of sp³-hybridized carbons (Fsp3) is 0.622. The van der Waals surface area contributed by atoms with Crippen molar-refractivity contribution in [2.75, 3.05) is 6.54 Å². The Labute approximate surface area is 309 Å². The Morgan fingerprint density at radius 3 is 2.30 bits per heavy atom. The number of ether oxygens (including phenoxy) is 1. The summed E-state index contributed by atoms with van der Waals surface area (Å²) in [5.74, 6) is -3.62. The number of rotatable bonds is 15. The number of ketones is 1. The van der Waals surface area contributed by atoms with E-state index in [1.54, 1.807) is 26.8 Å². The van der Waals surface area contributed by atoms with Gasteiger partial charge in [0.05, 0.1) is 18.8 Å². The Kier molecular flexibility index (Phi) is 13.1. The predicted molar refractivity (Wildman–Crippen MR) is 191 cm³/mol. The highest BCUT2D eigenvalue weighted by Crippen LogP contribution is 2.30. The molecule has 53 heavy (non-hydrogen) atoms. The first-order valence-electron chi connectivity index (χ1n) is 18.6. The van der Waals surface area contributed by atoms with Crippen molar-refractivity contribution in [1.29, 1.82) is 0 Å². The molecule has 0 aromatic carbocycles. The van der Waals surface area contributed by atoms with Gasteiger partial charge in [0.25, 0.3) is 11.8 Å². The Morgan fingerprint density at radius 2 is 1.68 bits per heavy atom. The van der Waals surface area contributed by atoms with Crippen LogP contribution in [-0.4, -0.2) is 103 Å². The van der Waals surface area contributed by atoms with Crippen LogP contribution in [0.1, 0.15) is 102 Å². The van der Waals surface area contributed by atoms with Gasteiger partial charge in [0.1, 0.15) is 36.3 Å². The van der Waals surface area contributed by atoms with Crippen LogP contribution in [0.4, 0.5) is 0 Å². The van der Waals surface area contributed by atoms with E-state index in [2.05, 4.69) is 41.2 Å². The standard InChI is InChI=1S/C37H51N9O7/c1-5-9-25(30(47)35(51)42-23-12-13-23)43-33(49)27-18-24(53-28-14-15-39-21-41-28)20-46(27)36(52)31(37(2,3)4)45-34(50)29(22-10-7-6-8-11-22)44-32(48)26-19-38-16-17-40-26/h14-17,19,21-25,27,29,31H,5-13,18,20H2,1-4H3,(H,42,51)(H,43,49)(H,44,48)(H,45,50)/t24-,25+,27+,29+,31-/m1/s1. The second-order valence-electron chi connectivity index (χ2n) is 15.2. The molecule has 0 spiro atoms. The van der Waals surface area contributed by atoms with E-state index in [0.29, 0.717) is 6.42 Å². The van der Waals surface area contributed by atoms with Crippen LogP contribution < -0.4 is 26.0 Å². The van der Waals surface area contributed by atoms with E-state index in [-0.39, 0.29) is 42.9 Å². The van der Waals surface area contributed by atoms with E-state index in [9.17, 15) is 28.8 Å². The lowest BCUT2D eigenvalue weighted by atomic mass is 9.82. The molecule has 0 unspecified atom stereocenters. The molecule has 2 aromatic heterocycles. The lowest BCUT2D eigenvalue weighted by Gasteiger charge is -2.37. The normalized spacial score (nSPS) is 20.7. The first-order chi connectivity index (χ1) is 25.3. The van der Waals surface area contributed by atoms with Gasteiger partial charge in [-0.3, -0.25) is 33.8 Å². The van der Waals surface area contributed by atoms with Gasteiger partial charge >= 0.3 is 0 Å². The number of nitrogens with one attached hydrogen (secondary N) is 4. The molecule has 3 fully saturated rings. The van der Waals surface area contributed by atoms with E-state index >= 15 is 0 Å². The summed E-state index contributed by atoms with van der Waals surface area (Å²) in [6.45, 7) is 7.23. The van der Waals surface area contributed by atoms with Gasteiger partial charge in [-0.1, -0.05) is 53.4 Å². The van der Waals surface area contributed by atoms with Crippen molar-refractivity contribution in [1.82, 2.24) is 46.1 Å². The Bertz CT molecular complexity index is 1610. The number of carbonyl (C=O) groups is 6. The molecule has 5 amide bonds. The number of aromatic nitrogens is 4. The number of hydrogen-bond donors (Lipinski definition) is 4. The molecule has 2 aliphatic carbocycles. The Morgan fingerprint density at radius 1 is 0.925 bits per heavy atom. The smallest absolute Gasteiger partial charge is 0.289 e. The second kappa shape index (κ2) is 17.7. The molecule has 1 saturated heterocycles. The number of likely N-dealkylation sites (tertiary alicyclic amines) is 1. The largest absolute Gasteiger partial charge is 0.472 e. The average Bonchev–Trinajstić information content (AvgIpc) is 3.87. The minimum atomic E-state index is -1.12. The van der Waals surface area contributed by atoms with Crippen LogP contribution in [0.25, 0.3) is 0 Å². The van der Waals surface area contributed by atoms with Crippen LogP contribution in [0.5, 0.6) is 5.88 Å². The fourth-order valence-corrected chi connectivity index (χ4v) is 6.90. The third kappa shape index (κ3) is 10.5. The maximum Gasteiger partial charge on any atom is 0.289 e. The summed E-state index contributed by atoms with van der Waals surface area (Å²) >= 11 is 0. The van der Waals surface area contributed by atoms with Crippen LogP contribution in [0.2, 0.25) is 0 Å². The lowest BCUT2D eigenvalue weighted by molar-refractivity contribution is -0.145. The molecule has 4 N–H and O–H groups in total. The fourth-order valence-electron chi connectivity index (χ4n) is 6.90. The maximum absolute atomic E-state index is 14.7. The number of hydrogen-bond acceptors (Lipinski definition) is 11. The predicted octanol–water partition coefficient (Wildman–Crippen LogP) is 1.66. The summed E-state index contributed by atoms with van der Waals surface area (Å²) in [6, 6.07) is -2.73. The second-order valence-corrected chi connectivity index (χ2v) is 15.2. The molecule has 16 heteroatoms. The van der Waals surface area contributed by atoms with Crippen molar-refractivity contribution in [3.8, 4) is 5.88 Å². The highest BCUT2D eigenvalue weighted by molar-refractivity contribution is 6.38. The third-order valence-corrected chi connectivity index (χ3v) is 9.92. The molecule has 3 heterocycles. The quantitative estimate of drug-likeness (QED) is 0.193. The maximum atomic E-state index is 14.7. The zero-order valence-corrected chi connectivity index (χ0v) is 30.9. The molecule has 1 aliphatic heterocycles. The number of Topliss-reactive ketones (excluding diaryl/α,β-unsaturated/α-hetero) is 1. The van der Waals surface area contributed by atoms with Gasteiger partial charge in [0, 0.05) is 37.1 Å². The molecule has 2 aromatic rings. The highest BCUT2D eigenvalue weighted by Gasteiger charge is 2.47. The van der Waals surface area contributed by atoms with Crippen molar-refractivity contribution in [2.45, 2.75) is 128 Å². The molecule has 5 atom stereocenters. The van der Waals surface area contributed by atoms with Crippen molar-refractivity contribution in [3.63, 3.8) is 0 Å². The van der Waals surface area contributed by atoms with Crippen molar-refractivity contribution >= 4 is 35.3 Å². The molecular weight excluding hydrogens is 682 g/mol. The minimum absolute atomic E-state index is 0.0204. The number of nitrogens with zero attached hydrogens (tertiary/aromatic N) is 5. The molecule has 0 radical (unpaired) electrons. The molecule has 16 nitrogen and oxygen atoms in total. The highest BCUT2D eigenvalue weighted by atomic mass is 16.5. The molecule has 5 rings (SSSR count). The van der Waals surface area contributed by atoms with Gasteiger partial charge in [-0.25, -0.2) is 15.0 Å². The molecule has 286 valence electrons. The number of amides is 5. The first kappa shape index (κ1) is 39.2. The topological polar surface area (TPSA) is 215 Å². The number of carbonyl (C=O) groups excluding carboxylic acids is 6. The molecule has 2 saturated carbocycles. The summed E-state index contributed by atoms with van der Waals surface area (Å²) < 4.78 is 6.07. The summed E-state index contributed by atoms with van der Waals surface area (Å²) in [4.78, 5) is 99.5. The summed E-state index contributed by atoms with van der Waals surface area (Å²) in [7, 11) is 0. The van der Waals surface area contributed by atoms with Gasteiger partial charge in [-0.15, -0.1) is 0 Å². The van der Waals surface area contributed by atoms with E-state index < -0.39 is 71.0 Å². The summed E-state index contributed by atoms with van der Waals surface area (Å²) in [5, 5.41) is 11.2. The van der Waals surface area contributed by atoms with Gasteiger partial charge in [-0.05, 0) is 43.4 Å². The summed E-state index contributed by atoms with van der Waals surface area (Å²) in [5.41, 5.74) is -0.775. The Balaban J connectivity index is 1.39. The van der Waals surface area contributed by atoms with Crippen LogP contribution >= 0.6 is 0 Å². The van der Waals surface area contributed by atoms with Crippen molar-refractivity contribution < 1.29 is 33.5 Å². The zero-order chi connectivity index (χ0) is 38.1. The van der Waals surface area contributed by atoms with Crippen LogP contribution in [0, 0.1) is 11.3 Å². The third-order valence-electron chi connectivity index (χ3n) is 9.92. The van der Waals surface area contributed by atoms with Gasteiger partial charge in [0.2, 0.25) is 29.4 Å². The van der Waals surface area contributed by atoms with E-state index in [4.69, 9.17) is 4.74 Å². The molecule has 0 bridgehead atoms. The monoisotopic (exact) mass is 733 g/mol. The molecular formula is C37H51N9O7. The van der Waals surface area contributed by atoms with E-state index in [1.165, 1.54) is 36.0 Å². The average molecular weight is 734 g/mol. The van der Waals surface area contributed by atoms with Gasteiger partial charge in [-0.2, -0.15) is 0 Å². The van der Waals surface area contributed by atoms with E-state index in [1.807, 2.05) is 6.92 Å².